The number of halogens is 3. The largest absolute Gasteiger partial charge is 0.478 e. The summed E-state index contributed by atoms with van der Waals surface area (Å²) in [6.07, 6.45) is 2.65. The van der Waals surface area contributed by atoms with E-state index in [1.807, 2.05) is 37.4 Å². The van der Waals surface area contributed by atoms with Crippen molar-refractivity contribution in [1.82, 2.24) is 10.6 Å². The minimum Gasteiger partial charge on any atom is -0.478 e. The maximum atomic E-state index is 14.6. The minimum atomic E-state index is -1.23. The molecule has 2 aliphatic rings. The Hall–Kier alpha value is -2.97. The lowest BCUT2D eigenvalue weighted by Gasteiger charge is -2.48. The zero-order valence-electron chi connectivity index (χ0n) is 22.6. The molecule has 0 radical (unpaired) electrons. The molecule has 1 fully saturated rings. The van der Waals surface area contributed by atoms with Gasteiger partial charge in [-0.15, -0.1) is 0 Å². The first-order valence-corrected chi connectivity index (χ1v) is 14.0. The Bertz CT molecular complexity index is 1480. The number of rotatable bonds is 7. The molecule has 0 aliphatic carbocycles. The molecule has 1 amide bonds. The van der Waals surface area contributed by atoms with E-state index >= 15 is 0 Å². The molecule has 2 aliphatic heterocycles. The van der Waals surface area contributed by atoms with Crippen LogP contribution in [0.5, 0.6) is 5.75 Å². The molecule has 9 heteroatoms. The topological polar surface area (TPSA) is 83.0 Å². The van der Waals surface area contributed by atoms with E-state index in [1.54, 1.807) is 38.1 Å². The van der Waals surface area contributed by atoms with Crippen molar-refractivity contribution < 1.29 is 19.0 Å². The quantitative estimate of drug-likeness (QED) is 0.310. The van der Waals surface area contributed by atoms with Gasteiger partial charge in [0.1, 0.15) is 11.6 Å². The molecule has 5 rings (SSSR count). The summed E-state index contributed by atoms with van der Waals surface area (Å²) < 4.78 is 21.0. The Morgan fingerprint density at radius 1 is 1.15 bits per heavy atom. The van der Waals surface area contributed by atoms with Gasteiger partial charge in [0.2, 0.25) is 0 Å². The van der Waals surface area contributed by atoms with Gasteiger partial charge in [0.15, 0.2) is 5.60 Å². The molecule has 3 aromatic carbocycles. The molecule has 0 aromatic heterocycles. The van der Waals surface area contributed by atoms with E-state index in [-0.39, 0.29) is 36.8 Å². The third-order valence-electron chi connectivity index (χ3n) is 7.89. The predicted molar refractivity (Wildman–Crippen MR) is 157 cm³/mol. The fourth-order valence-corrected chi connectivity index (χ4v) is 6.35. The number of nitrogens with zero attached hydrogens (tertiary/aromatic N) is 1. The number of aryl methyl sites for hydroxylation is 1. The lowest BCUT2D eigenvalue weighted by Crippen LogP contribution is -2.52. The van der Waals surface area contributed by atoms with Crippen molar-refractivity contribution in [1.29, 1.82) is 0 Å². The molecule has 0 saturated carbocycles. The molecular formula is C31H32Cl2FN3O3. The van der Waals surface area contributed by atoms with E-state index in [2.05, 4.69) is 10.6 Å². The maximum absolute atomic E-state index is 14.6. The normalized spacial score (nSPS) is 21.9. The van der Waals surface area contributed by atoms with E-state index in [0.29, 0.717) is 28.8 Å². The highest BCUT2D eigenvalue weighted by atomic mass is 35.5. The Morgan fingerprint density at radius 2 is 1.90 bits per heavy atom. The van der Waals surface area contributed by atoms with Crippen LogP contribution in [-0.4, -0.2) is 42.5 Å². The SMILES string of the molecule is Cc1ccc(F)cc1[C@@H]1NCC[C@@H](c2cc(Cl)ccc2OC(C)(C)C(=O)NCCO)[C@@]12C=Nc1cc(Cl)ccc12. The molecule has 3 atom stereocenters. The predicted octanol–water partition coefficient (Wildman–Crippen LogP) is 6.18. The van der Waals surface area contributed by atoms with Crippen molar-refractivity contribution in [2.45, 2.75) is 50.2 Å². The van der Waals surface area contributed by atoms with Crippen molar-refractivity contribution in [3.05, 3.63) is 92.7 Å². The molecule has 0 unspecified atom stereocenters. The fraction of sp³-hybridized carbons (Fsp3) is 0.355. The molecule has 210 valence electrons. The van der Waals surface area contributed by atoms with Crippen LogP contribution >= 0.6 is 23.2 Å². The van der Waals surface area contributed by atoms with E-state index < -0.39 is 11.0 Å². The number of benzene rings is 3. The van der Waals surface area contributed by atoms with Gasteiger partial charge in [-0.25, -0.2) is 4.39 Å². The molecule has 0 bridgehead atoms. The average molecular weight is 585 g/mol. The van der Waals surface area contributed by atoms with Gasteiger partial charge < -0.3 is 20.5 Å². The molecule has 3 N–H and O–H groups in total. The number of piperidine rings is 1. The molecule has 40 heavy (non-hydrogen) atoms. The first-order valence-electron chi connectivity index (χ1n) is 13.3. The number of carbonyl (C=O) groups excluding carboxylic acids is 1. The zero-order valence-corrected chi connectivity index (χ0v) is 24.1. The zero-order chi connectivity index (χ0) is 28.7. The van der Waals surface area contributed by atoms with Gasteiger partial charge in [-0.1, -0.05) is 35.3 Å². The summed E-state index contributed by atoms with van der Waals surface area (Å²) in [6, 6.07) is 15.6. The third-order valence-corrected chi connectivity index (χ3v) is 8.36. The Morgan fingerprint density at radius 3 is 2.67 bits per heavy atom. The summed E-state index contributed by atoms with van der Waals surface area (Å²) >= 11 is 12.9. The first-order chi connectivity index (χ1) is 19.1. The van der Waals surface area contributed by atoms with Crippen molar-refractivity contribution in [3.8, 4) is 5.75 Å². The van der Waals surface area contributed by atoms with Gasteiger partial charge in [-0.05, 0) is 92.9 Å². The van der Waals surface area contributed by atoms with Gasteiger partial charge in [-0.3, -0.25) is 9.79 Å². The van der Waals surface area contributed by atoms with Crippen LogP contribution in [0.2, 0.25) is 10.0 Å². The number of aliphatic imine (C=N–C) groups is 1. The van der Waals surface area contributed by atoms with Gasteiger partial charge in [0, 0.05) is 40.3 Å². The monoisotopic (exact) mass is 583 g/mol. The van der Waals surface area contributed by atoms with Crippen LogP contribution in [-0.2, 0) is 10.2 Å². The summed E-state index contributed by atoms with van der Waals surface area (Å²) in [7, 11) is 0. The van der Waals surface area contributed by atoms with Crippen molar-refractivity contribution in [2.24, 2.45) is 4.99 Å². The molecule has 1 saturated heterocycles. The second kappa shape index (κ2) is 11.1. The average Bonchev–Trinajstić information content (AvgIpc) is 3.28. The van der Waals surface area contributed by atoms with E-state index in [0.717, 1.165) is 27.9 Å². The highest BCUT2D eigenvalue weighted by Gasteiger charge is 2.53. The van der Waals surface area contributed by atoms with Gasteiger partial charge in [0.25, 0.3) is 5.91 Å². The highest BCUT2D eigenvalue weighted by molar-refractivity contribution is 6.31. The molecule has 3 aromatic rings. The first kappa shape index (κ1) is 28.6. The number of aliphatic hydroxyl groups excluding tert-OH is 1. The van der Waals surface area contributed by atoms with Crippen LogP contribution in [0.25, 0.3) is 0 Å². The van der Waals surface area contributed by atoms with Gasteiger partial charge in [-0.2, -0.15) is 0 Å². The molecular weight excluding hydrogens is 552 g/mol. The Balaban J connectivity index is 1.68. The van der Waals surface area contributed by atoms with Gasteiger partial charge in [0.05, 0.1) is 17.7 Å². The lowest BCUT2D eigenvalue weighted by molar-refractivity contribution is -0.134. The summed E-state index contributed by atoms with van der Waals surface area (Å²) in [5.74, 6) is -0.338. The number of ether oxygens (including phenoxy) is 1. The summed E-state index contributed by atoms with van der Waals surface area (Å²) in [6.45, 7) is 5.95. The number of fused-ring (bicyclic) bond motifs is 2. The van der Waals surface area contributed by atoms with Crippen LogP contribution in [0.15, 0.2) is 59.6 Å². The van der Waals surface area contributed by atoms with E-state index in [4.69, 9.17) is 38.0 Å². The van der Waals surface area contributed by atoms with Crippen LogP contribution in [0.3, 0.4) is 0 Å². The second-order valence-corrected chi connectivity index (χ2v) is 11.7. The number of amides is 1. The highest BCUT2D eigenvalue weighted by Crippen LogP contribution is 2.57. The van der Waals surface area contributed by atoms with Crippen LogP contribution in [0.1, 0.15) is 54.5 Å². The molecule has 1 spiro atoms. The number of hydrogen-bond donors (Lipinski definition) is 3. The van der Waals surface area contributed by atoms with Crippen LogP contribution < -0.4 is 15.4 Å². The number of aliphatic hydroxyl groups is 1. The standard InChI is InChI=1S/C31H32Cl2FN3O3/c1-18-4-7-21(34)16-22(18)28-31(17-37-26-15-20(33)5-8-25(26)31)24(10-11-35-28)23-14-19(32)6-9-27(23)40-30(2,3)29(39)36-12-13-38/h4-9,14-17,24,28,35,38H,10-13H2,1-3H3,(H,36,39)/t24-,28-,31+/m0/s1. The van der Waals surface area contributed by atoms with Gasteiger partial charge >= 0.3 is 0 Å². The Labute approximate surface area is 243 Å². The third kappa shape index (κ3) is 5.12. The molecule has 6 nitrogen and oxygen atoms in total. The Kier molecular flexibility index (Phi) is 7.94. The maximum Gasteiger partial charge on any atom is 0.263 e. The number of hydrogen-bond acceptors (Lipinski definition) is 5. The van der Waals surface area contributed by atoms with Crippen molar-refractivity contribution >= 4 is 41.0 Å². The van der Waals surface area contributed by atoms with Crippen LogP contribution in [0.4, 0.5) is 10.1 Å². The number of carbonyl (C=O) groups is 1. The van der Waals surface area contributed by atoms with Crippen molar-refractivity contribution in [2.75, 3.05) is 19.7 Å². The lowest BCUT2D eigenvalue weighted by atomic mass is 9.59. The van der Waals surface area contributed by atoms with Crippen molar-refractivity contribution in [3.63, 3.8) is 0 Å². The van der Waals surface area contributed by atoms with E-state index in [9.17, 15) is 9.18 Å². The summed E-state index contributed by atoms with van der Waals surface area (Å²) in [4.78, 5) is 17.7. The number of nitrogens with one attached hydrogen (secondary N) is 2. The molecule has 2 heterocycles. The minimum absolute atomic E-state index is 0.126. The summed E-state index contributed by atoms with van der Waals surface area (Å²) in [5.41, 5.74) is 2.38. The second-order valence-electron chi connectivity index (χ2n) is 10.9. The van der Waals surface area contributed by atoms with Crippen LogP contribution in [0, 0.1) is 12.7 Å². The van der Waals surface area contributed by atoms with E-state index in [1.165, 1.54) is 6.07 Å². The fourth-order valence-electron chi connectivity index (χ4n) is 6.00. The summed E-state index contributed by atoms with van der Waals surface area (Å²) in [5, 5.41) is 16.6. The smallest absolute Gasteiger partial charge is 0.263 e.